The van der Waals surface area contributed by atoms with E-state index < -0.39 is 6.29 Å². The molecule has 2 heterocycles. The van der Waals surface area contributed by atoms with Gasteiger partial charge in [-0.15, -0.1) is 0 Å². The van der Waals surface area contributed by atoms with Gasteiger partial charge in [-0.3, -0.25) is 14.9 Å². The molecule has 8 nitrogen and oxygen atoms in total. The molecule has 1 aliphatic heterocycles. The molecule has 0 aliphatic carbocycles. The third-order valence-electron chi connectivity index (χ3n) is 3.99. The average molecular weight is 422 g/mol. The Hall–Kier alpha value is -2.39. The van der Waals surface area contributed by atoms with Crippen LogP contribution in [0.25, 0.3) is 0 Å². The highest BCUT2D eigenvalue weighted by Crippen LogP contribution is 2.24. The van der Waals surface area contributed by atoms with Crippen molar-refractivity contribution >= 4 is 33.6 Å². The van der Waals surface area contributed by atoms with E-state index in [4.69, 9.17) is 4.74 Å². The zero-order valence-corrected chi connectivity index (χ0v) is 16.3. The minimum atomic E-state index is -0.524. The van der Waals surface area contributed by atoms with E-state index in [1.54, 1.807) is 36.1 Å². The van der Waals surface area contributed by atoms with E-state index in [2.05, 4.69) is 37.0 Å². The van der Waals surface area contributed by atoms with Crippen LogP contribution in [-0.2, 0) is 4.79 Å². The first-order chi connectivity index (χ1) is 12.4. The number of hydrogen-bond acceptors (Lipinski definition) is 5. The minimum Gasteiger partial charge on any atom is -0.497 e. The fourth-order valence-electron chi connectivity index (χ4n) is 2.79. The van der Waals surface area contributed by atoms with Crippen molar-refractivity contribution in [2.24, 2.45) is 0 Å². The van der Waals surface area contributed by atoms with Crippen molar-refractivity contribution in [1.29, 1.82) is 0 Å². The van der Waals surface area contributed by atoms with E-state index in [1.807, 2.05) is 13.8 Å². The molecule has 2 aromatic rings. The molecule has 0 bridgehead atoms. The summed E-state index contributed by atoms with van der Waals surface area (Å²) in [6.07, 6.45) is -0.126. The number of ether oxygens (including phenoxy) is 1. The molecule has 1 fully saturated rings. The van der Waals surface area contributed by atoms with E-state index in [9.17, 15) is 9.59 Å². The first-order valence-electron chi connectivity index (χ1n) is 8.14. The molecular weight excluding hydrogens is 402 g/mol. The van der Waals surface area contributed by atoms with Crippen LogP contribution in [0.5, 0.6) is 5.75 Å². The standard InChI is InChI=1S/C17H20BrN5O3/c1-9-7-15(24)21-17(19-9)23-14(6-10(2)22-23)20-16(25)12-8-11(26-3)4-5-13(12)18/h4-6,8-9,17,19H,7H2,1-3H3,(H,20,25)(H,21,24). The number of aromatic nitrogens is 2. The number of amides is 2. The fraction of sp³-hybridized carbons (Fsp3) is 0.353. The van der Waals surface area contributed by atoms with Gasteiger partial charge < -0.3 is 15.4 Å². The molecule has 0 spiro atoms. The number of nitrogens with zero attached hydrogens (tertiary/aromatic N) is 2. The molecule has 2 amide bonds. The van der Waals surface area contributed by atoms with Gasteiger partial charge >= 0.3 is 0 Å². The number of nitrogens with one attached hydrogen (secondary N) is 3. The van der Waals surface area contributed by atoms with Gasteiger partial charge in [-0.1, -0.05) is 0 Å². The highest BCUT2D eigenvalue weighted by atomic mass is 79.9. The Morgan fingerprint density at radius 2 is 2.19 bits per heavy atom. The Morgan fingerprint density at radius 1 is 1.42 bits per heavy atom. The lowest BCUT2D eigenvalue weighted by Gasteiger charge is -2.30. The lowest BCUT2D eigenvalue weighted by molar-refractivity contribution is -0.125. The summed E-state index contributed by atoms with van der Waals surface area (Å²) in [6.45, 7) is 3.75. The predicted molar refractivity (Wildman–Crippen MR) is 100 cm³/mol. The third kappa shape index (κ3) is 3.88. The maximum absolute atomic E-state index is 12.7. The lowest BCUT2D eigenvalue weighted by Crippen LogP contribution is -2.52. The monoisotopic (exact) mass is 421 g/mol. The summed E-state index contributed by atoms with van der Waals surface area (Å²) in [7, 11) is 1.54. The van der Waals surface area contributed by atoms with Crippen molar-refractivity contribution in [3.63, 3.8) is 0 Å². The van der Waals surface area contributed by atoms with Gasteiger partial charge in [0.1, 0.15) is 11.6 Å². The normalized spacial score (nSPS) is 19.8. The number of hydrogen-bond donors (Lipinski definition) is 3. The maximum Gasteiger partial charge on any atom is 0.258 e. The first-order valence-corrected chi connectivity index (χ1v) is 8.93. The number of anilines is 1. The number of rotatable bonds is 4. The molecule has 1 saturated heterocycles. The summed E-state index contributed by atoms with van der Waals surface area (Å²) in [4.78, 5) is 24.6. The van der Waals surface area contributed by atoms with Crippen LogP contribution in [0.3, 0.4) is 0 Å². The van der Waals surface area contributed by atoms with Crippen molar-refractivity contribution in [2.75, 3.05) is 12.4 Å². The van der Waals surface area contributed by atoms with Crippen LogP contribution in [0, 0.1) is 6.92 Å². The zero-order chi connectivity index (χ0) is 18.8. The smallest absolute Gasteiger partial charge is 0.258 e. The highest BCUT2D eigenvalue weighted by Gasteiger charge is 2.27. The van der Waals surface area contributed by atoms with Crippen LogP contribution < -0.4 is 20.7 Å². The molecule has 1 aliphatic rings. The van der Waals surface area contributed by atoms with Gasteiger partial charge in [0.15, 0.2) is 6.29 Å². The molecule has 9 heteroatoms. The quantitative estimate of drug-likeness (QED) is 0.702. The van der Waals surface area contributed by atoms with Gasteiger partial charge in [0, 0.05) is 23.0 Å². The first kappa shape index (κ1) is 18.4. The van der Waals surface area contributed by atoms with Gasteiger partial charge in [0.05, 0.1) is 18.4 Å². The van der Waals surface area contributed by atoms with Crippen molar-refractivity contribution in [1.82, 2.24) is 20.4 Å². The van der Waals surface area contributed by atoms with E-state index >= 15 is 0 Å². The van der Waals surface area contributed by atoms with E-state index in [0.717, 1.165) is 5.69 Å². The molecule has 1 aromatic heterocycles. The third-order valence-corrected chi connectivity index (χ3v) is 4.69. The van der Waals surface area contributed by atoms with Crippen LogP contribution in [0.1, 0.15) is 35.7 Å². The largest absolute Gasteiger partial charge is 0.497 e. The number of halogens is 1. The van der Waals surface area contributed by atoms with Gasteiger partial charge in [0.2, 0.25) is 5.91 Å². The SMILES string of the molecule is COc1ccc(Br)c(C(=O)Nc2cc(C)nn2C2NC(=O)CC(C)N2)c1. The van der Waals surface area contributed by atoms with Gasteiger partial charge in [0.25, 0.3) is 5.91 Å². The summed E-state index contributed by atoms with van der Waals surface area (Å²) in [5.74, 6) is 0.682. The van der Waals surface area contributed by atoms with Crippen molar-refractivity contribution in [2.45, 2.75) is 32.6 Å². The fourth-order valence-corrected chi connectivity index (χ4v) is 3.21. The second-order valence-corrected chi connectivity index (χ2v) is 7.01. The molecule has 26 heavy (non-hydrogen) atoms. The Bertz CT molecular complexity index is 851. The highest BCUT2D eigenvalue weighted by molar-refractivity contribution is 9.10. The Morgan fingerprint density at radius 3 is 2.88 bits per heavy atom. The molecule has 138 valence electrons. The summed E-state index contributed by atoms with van der Waals surface area (Å²) in [5, 5.41) is 13.3. The molecule has 0 radical (unpaired) electrons. The van der Waals surface area contributed by atoms with Gasteiger partial charge in [-0.05, 0) is 48.0 Å². The summed E-state index contributed by atoms with van der Waals surface area (Å²) in [5.41, 5.74) is 1.16. The molecule has 2 atom stereocenters. The van der Waals surface area contributed by atoms with Crippen molar-refractivity contribution in [3.05, 3.63) is 40.0 Å². The number of benzene rings is 1. The number of carbonyl (C=O) groups excluding carboxylic acids is 2. The Balaban J connectivity index is 1.87. The molecule has 3 N–H and O–H groups in total. The van der Waals surface area contributed by atoms with Crippen LogP contribution in [0.4, 0.5) is 5.82 Å². The van der Waals surface area contributed by atoms with Gasteiger partial charge in [-0.25, -0.2) is 4.68 Å². The Kier molecular flexibility index (Phi) is 5.28. The summed E-state index contributed by atoms with van der Waals surface area (Å²) >= 11 is 3.38. The minimum absolute atomic E-state index is 0.00864. The summed E-state index contributed by atoms with van der Waals surface area (Å²) in [6, 6.07) is 6.92. The molecule has 0 saturated carbocycles. The van der Waals surface area contributed by atoms with Crippen LogP contribution >= 0.6 is 15.9 Å². The van der Waals surface area contributed by atoms with Crippen molar-refractivity contribution in [3.8, 4) is 5.75 Å². The number of methoxy groups -OCH3 is 1. The second kappa shape index (κ2) is 7.46. The Labute approximate surface area is 159 Å². The predicted octanol–water partition coefficient (Wildman–Crippen LogP) is 2.17. The van der Waals surface area contributed by atoms with Crippen molar-refractivity contribution < 1.29 is 14.3 Å². The maximum atomic E-state index is 12.7. The zero-order valence-electron chi connectivity index (χ0n) is 14.7. The van der Waals surface area contributed by atoms with Crippen LogP contribution in [0.15, 0.2) is 28.7 Å². The summed E-state index contributed by atoms with van der Waals surface area (Å²) < 4.78 is 7.39. The topological polar surface area (TPSA) is 97.3 Å². The average Bonchev–Trinajstić information content (AvgIpc) is 2.94. The molecule has 1 aromatic carbocycles. The molecule has 3 rings (SSSR count). The second-order valence-electron chi connectivity index (χ2n) is 6.16. The number of aryl methyl sites for hydroxylation is 1. The lowest BCUT2D eigenvalue weighted by atomic mass is 10.2. The van der Waals surface area contributed by atoms with E-state index in [0.29, 0.717) is 28.0 Å². The molecule has 2 unspecified atom stereocenters. The van der Waals surface area contributed by atoms with Crippen LogP contribution in [0.2, 0.25) is 0 Å². The molecular formula is C17H20BrN5O3. The van der Waals surface area contributed by atoms with E-state index in [1.165, 1.54) is 0 Å². The van der Waals surface area contributed by atoms with Gasteiger partial charge in [-0.2, -0.15) is 5.10 Å². The van der Waals surface area contributed by atoms with E-state index in [-0.39, 0.29) is 17.9 Å². The number of carbonyl (C=O) groups is 2. The van der Waals surface area contributed by atoms with Crippen LogP contribution in [-0.4, -0.2) is 34.7 Å².